The zero-order chi connectivity index (χ0) is 7.98. The van der Waals surface area contributed by atoms with Gasteiger partial charge in [0.2, 0.25) is 6.29 Å². The van der Waals surface area contributed by atoms with Crippen LogP contribution in [0.1, 0.15) is 13.3 Å². The number of aldehydes is 1. The Balaban J connectivity index is 3.44. The molecule has 10 heavy (non-hydrogen) atoms. The summed E-state index contributed by atoms with van der Waals surface area (Å²) in [6, 6.07) is 0. The molecule has 0 saturated carbocycles. The lowest BCUT2D eigenvalue weighted by Gasteiger charge is -1.95. The van der Waals surface area contributed by atoms with Crippen LogP contribution in [0.2, 0.25) is 0 Å². The van der Waals surface area contributed by atoms with Crippen LogP contribution >= 0.6 is 0 Å². The van der Waals surface area contributed by atoms with Crippen molar-refractivity contribution in [1.29, 1.82) is 0 Å². The molecule has 4 heteroatoms. The van der Waals surface area contributed by atoms with Crippen LogP contribution in [0.25, 0.3) is 0 Å². The molecule has 0 fully saturated rings. The molecule has 0 atom stereocenters. The quantitative estimate of drug-likeness (QED) is 0.417. The third-order valence-electron chi connectivity index (χ3n) is 0.961. The number of hydrogen-bond donors (Lipinski definition) is 1. The van der Waals surface area contributed by atoms with E-state index in [4.69, 9.17) is 0 Å². The Morgan fingerprint density at radius 1 is 1.50 bits per heavy atom. The van der Waals surface area contributed by atoms with Gasteiger partial charge < -0.3 is 5.32 Å². The van der Waals surface area contributed by atoms with Crippen LogP contribution < -0.4 is 5.32 Å². The summed E-state index contributed by atoms with van der Waals surface area (Å²) in [5.74, 6) is -0.836. The second kappa shape index (κ2) is 4.67. The van der Waals surface area contributed by atoms with Crippen molar-refractivity contribution in [3.8, 4) is 0 Å². The Kier molecular flexibility index (Phi) is 4.11. The smallest absolute Gasteiger partial charge is 0.284 e. The maximum atomic E-state index is 10.5. The zero-order valence-electron chi connectivity index (χ0n) is 5.72. The molecule has 0 rings (SSSR count). The van der Waals surface area contributed by atoms with E-state index in [-0.39, 0.29) is 18.6 Å². The number of Topliss-reactive ketones (excluding diaryl/α,β-unsaturated/α-hetero) is 1. The van der Waals surface area contributed by atoms with E-state index >= 15 is 0 Å². The second-order valence-corrected chi connectivity index (χ2v) is 1.73. The minimum Gasteiger partial charge on any atom is -0.343 e. The molecule has 0 radical (unpaired) electrons. The summed E-state index contributed by atoms with van der Waals surface area (Å²) in [5.41, 5.74) is 0. The Morgan fingerprint density at radius 2 is 2.10 bits per heavy atom. The van der Waals surface area contributed by atoms with Crippen molar-refractivity contribution in [2.45, 2.75) is 13.3 Å². The van der Waals surface area contributed by atoms with E-state index in [1.165, 1.54) is 0 Å². The van der Waals surface area contributed by atoms with Crippen LogP contribution in [0.5, 0.6) is 0 Å². The molecular formula is C6H9NO3. The Hall–Kier alpha value is -1.19. The molecule has 0 bridgehead atoms. The van der Waals surface area contributed by atoms with Gasteiger partial charge in [0, 0.05) is 6.42 Å². The molecule has 0 heterocycles. The highest BCUT2D eigenvalue weighted by Gasteiger charge is 2.00. The number of amides is 1. The summed E-state index contributed by atoms with van der Waals surface area (Å²) >= 11 is 0. The first-order chi connectivity index (χ1) is 4.70. The molecule has 0 aliphatic rings. The van der Waals surface area contributed by atoms with E-state index in [0.717, 1.165) is 0 Å². The molecule has 0 unspecified atom stereocenters. The summed E-state index contributed by atoms with van der Waals surface area (Å²) < 4.78 is 0. The first-order valence-corrected chi connectivity index (χ1v) is 2.95. The van der Waals surface area contributed by atoms with Gasteiger partial charge in [-0.2, -0.15) is 0 Å². The van der Waals surface area contributed by atoms with Crippen molar-refractivity contribution in [3.63, 3.8) is 0 Å². The molecule has 0 aromatic heterocycles. The van der Waals surface area contributed by atoms with Crippen LogP contribution in [0.15, 0.2) is 0 Å². The summed E-state index contributed by atoms with van der Waals surface area (Å²) in [4.78, 5) is 30.4. The average molecular weight is 143 g/mol. The highest BCUT2D eigenvalue weighted by molar-refractivity contribution is 6.24. The van der Waals surface area contributed by atoms with Gasteiger partial charge in [-0.15, -0.1) is 0 Å². The summed E-state index contributed by atoms with van der Waals surface area (Å²) in [7, 11) is 0. The van der Waals surface area contributed by atoms with Crippen molar-refractivity contribution in [2.75, 3.05) is 6.54 Å². The van der Waals surface area contributed by atoms with E-state index in [9.17, 15) is 14.4 Å². The van der Waals surface area contributed by atoms with Gasteiger partial charge in [0.1, 0.15) is 0 Å². The van der Waals surface area contributed by atoms with Gasteiger partial charge >= 0.3 is 0 Å². The van der Waals surface area contributed by atoms with Crippen LogP contribution in [0.4, 0.5) is 0 Å². The van der Waals surface area contributed by atoms with E-state index in [0.29, 0.717) is 6.42 Å². The van der Waals surface area contributed by atoms with Crippen molar-refractivity contribution < 1.29 is 14.4 Å². The molecule has 0 aromatic carbocycles. The Labute approximate surface area is 58.6 Å². The lowest BCUT2D eigenvalue weighted by molar-refractivity contribution is -0.132. The van der Waals surface area contributed by atoms with Crippen molar-refractivity contribution in [3.05, 3.63) is 0 Å². The highest BCUT2D eigenvalue weighted by Crippen LogP contribution is 1.75. The first-order valence-electron chi connectivity index (χ1n) is 2.95. The minimum absolute atomic E-state index is 0.0475. The van der Waals surface area contributed by atoms with Gasteiger partial charge in [-0.25, -0.2) is 0 Å². The predicted molar refractivity (Wildman–Crippen MR) is 34.4 cm³/mol. The number of carbonyl (C=O) groups is 3. The highest BCUT2D eigenvalue weighted by atomic mass is 16.2. The van der Waals surface area contributed by atoms with Crippen LogP contribution in [-0.2, 0) is 14.4 Å². The molecule has 0 aliphatic carbocycles. The average Bonchev–Trinajstić information content (AvgIpc) is 1.99. The number of rotatable bonds is 4. The lowest BCUT2D eigenvalue weighted by Crippen LogP contribution is -2.29. The standard InChI is InChI=1S/C6H9NO3/c1-2-5(9)3-7-6(10)4-8/h4H,2-3H2,1H3,(H,7,10). The zero-order valence-corrected chi connectivity index (χ0v) is 5.72. The number of hydrogen-bond acceptors (Lipinski definition) is 3. The van der Waals surface area contributed by atoms with E-state index in [1.54, 1.807) is 6.92 Å². The minimum atomic E-state index is -0.748. The van der Waals surface area contributed by atoms with Crippen LogP contribution in [0, 0.1) is 0 Å². The summed E-state index contributed by atoms with van der Waals surface area (Å²) in [6.45, 7) is 1.64. The third-order valence-corrected chi connectivity index (χ3v) is 0.961. The lowest BCUT2D eigenvalue weighted by atomic mass is 10.3. The fourth-order valence-corrected chi connectivity index (χ4v) is 0.352. The third kappa shape index (κ3) is 3.77. The summed E-state index contributed by atoms with van der Waals surface area (Å²) in [5, 5.41) is 2.13. The molecule has 0 saturated heterocycles. The number of nitrogens with one attached hydrogen (secondary N) is 1. The molecule has 56 valence electrons. The SMILES string of the molecule is CCC(=O)CNC(=O)C=O. The molecule has 1 amide bonds. The van der Waals surface area contributed by atoms with E-state index in [1.807, 2.05) is 0 Å². The van der Waals surface area contributed by atoms with Gasteiger partial charge in [-0.3, -0.25) is 14.4 Å². The Bertz CT molecular complexity index is 153. The first kappa shape index (κ1) is 8.81. The fraction of sp³-hybridized carbons (Fsp3) is 0.500. The molecule has 4 nitrogen and oxygen atoms in total. The Morgan fingerprint density at radius 3 is 2.50 bits per heavy atom. The molecule has 0 aromatic rings. The van der Waals surface area contributed by atoms with E-state index < -0.39 is 5.91 Å². The van der Waals surface area contributed by atoms with Crippen molar-refractivity contribution in [2.24, 2.45) is 0 Å². The predicted octanol–water partition coefficient (Wildman–Crippen LogP) is -0.719. The van der Waals surface area contributed by atoms with Crippen LogP contribution in [-0.4, -0.2) is 24.5 Å². The maximum Gasteiger partial charge on any atom is 0.284 e. The second-order valence-electron chi connectivity index (χ2n) is 1.73. The van der Waals surface area contributed by atoms with E-state index in [2.05, 4.69) is 5.32 Å². The largest absolute Gasteiger partial charge is 0.343 e. The monoisotopic (exact) mass is 143 g/mol. The topological polar surface area (TPSA) is 63.2 Å². The molecular weight excluding hydrogens is 134 g/mol. The van der Waals surface area contributed by atoms with Gasteiger partial charge in [-0.1, -0.05) is 6.92 Å². The maximum absolute atomic E-state index is 10.5. The van der Waals surface area contributed by atoms with Crippen molar-refractivity contribution >= 4 is 18.0 Å². The van der Waals surface area contributed by atoms with Gasteiger partial charge in [-0.05, 0) is 0 Å². The van der Waals surface area contributed by atoms with Gasteiger partial charge in [0.05, 0.1) is 6.54 Å². The number of carbonyl (C=O) groups excluding carboxylic acids is 3. The normalized spacial score (nSPS) is 8.50. The molecule has 1 N–H and O–H groups in total. The van der Waals surface area contributed by atoms with Crippen molar-refractivity contribution in [1.82, 2.24) is 5.32 Å². The van der Waals surface area contributed by atoms with Gasteiger partial charge in [0.25, 0.3) is 5.91 Å². The summed E-state index contributed by atoms with van der Waals surface area (Å²) in [6.07, 6.45) is 0.516. The molecule has 0 spiro atoms. The van der Waals surface area contributed by atoms with Gasteiger partial charge in [0.15, 0.2) is 5.78 Å². The fourth-order valence-electron chi connectivity index (χ4n) is 0.352. The van der Waals surface area contributed by atoms with Crippen LogP contribution in [0.3, 0.4) is 0 Å². The molecule has 0 aliphatic heterocycles. The number of ketones is 1.